The Morgan fingerprint density at radius 1 is 1.14 bits per heavy atom. The van der Waals surface area contributed by atoms with Gasteiger partial charge < -0.3 is 4.90 Å². The van der Waals surface area contributed by atoms with E-state index >= 15 is 0 Å². The molecule has 3 aromatic rings. The minimum atomic E-state index is -0.448. The molecule has 0 atom stereocenters. The van der Waals surface area contributed by atoms with Crippen LogP contribution in [0.3, 0.4) is 0 Å². The van der Waals surface area contributed by atoms with E-state index < -0.39 is 5.82 Å². The monoisotopic (exact) mass is 415 g/mol. The maximum Gasteiger partial charge on any atom is 0.274 e. The first-order valence-electron chi connectivity index (χ1n) is 9.50. The third kappa shape index (κ3) is 3.77. The van der Waals surface area contributed by atoms with Gasteiger partial charge >= 0.3 is 0 Å². The van der Waals surface area contributed by atoms with Gasteiger partial charge in [0.05, 0.1) is 12.2 Å². The summed E-state index contributed by atoms with van der Waals surface area (Å²) in [7, 11) is 1.61. The Morgan fingerprint density at radius 3 is 2.59 bits per heavy atom. The van der Waals surface area contributed by atoms with E-state index in [1.807, 2.05) is 0 Å². The number of carbonyl (C=O) groups excluding carboxylic acids is 1. The Kier molecular flexibility index (Phi) is 5.37. The van der Waals surface area contributed by atoms with Crippen molar-refractivity contribution in [1.29, 1.82) is 0 Å². The third-order valence-electron chi connectivity index (χ3n) is 5.26. The molecule has 150 valence electrons. The molecule has 1 aromatic heterocycles. The number of amides is 1. The first kappa shape index (κ1) is 19.6. The number of fused-ring (bicyclic) bond motifs is 1. The molecular weight excluding hydrogens is 396 g/mol. The van der Waals surface area contributed by atoms with Gasteiger partial charge in [0.1, 0.15) is 11.6 Å². The molecular formula is C22H20ClF2N3O. The number of benzene rings is 2. The Labute approximate surface area is 172 Å². The van der Waals surface area contributed by atoms with Crippen molar-refractivity contribution in [2.24, 2.45) is 0 Å². The normalized spacial score (nSPS) is 13.2. The van der Waals surface area contributed by atoms with Crippen LogP contribution in [-0.2, 0) is 19.4 Å². The van der Waals surface area contributed by atoms with Crippen molar-refractivity contribution in [2.45, 2.75) is 32.2 Å². The molecule has 2 aromatic carbocycles. The van der Waals surface area contributed by atoms with Crippen LogP contribution in [0, 0.1) is 11.6 Å². The Hall–Kier alpha value is -2.73. The molecule has 0 aliphatic heterocycles. The topological polar surface area (TPSA) is 38.1 Å². The lowest BCUT2D eigenvalue weighted by atomic mass is 9.95. The molecule has 1 aliphatic rings. The molecule has 0 unspecified atom stereocenters. The molecule has 1 heterocycles. The van der Waals surface area contributed by atoms with Crippen LogP contribution in [0.15, 0.2) is 42.5 Å². The van der Waals surface area contributed by atoms with E-state index in [0.717, 1.165) is 36.9 Å². The van der Waals surface area contributed by atoms with Gasteiger partial charge in [-0.25, -0.2) is 13.5 Å². The number of hydrogen-bond donors (Lipinski definition) is 0. The maximum atomic E-state index is 14.1. The molecule has 1 aliphatic carbocycles. The summed E-state index contributed by atoms with van der Waals surface area (Å²) in [6.45, 7) is 0.0442. The Balaban J connectivity index is 1.69. The molecule has 4 nitrogen and oxygen atoms in total. The summed E-state index contributed by atoms with van der Waals surface area (Å²) in [4.78, 5) is 14.6. The molecule has 29 heavy (non-hydrogen) atoms. The second-order valence-corrected chi connectivity index (χ2v) is 7.64. The van der Waals surface area contributed by atoms with Crippen molar-refractivity contribution in [1.82, 2.24) is 14.7 Å². The van der Waals surface area contributed by atoms with Crippen molar-refractivity contribution in [2.75, 3.05) is 7.05 Å². The van der Waals surface area contributed by atoms with Crippen LogP contribution in [0.4, 0.5) is 8.78 Å². The highest BCUT2D eigenvalue weighted by Crippen LogP contribution is 2.28. The average Bonchev–Trinajstić information content (AvgIpc) is 3.10. The zero-order chi connectivity index (χ0) is 20.5. The highest BCUT2D eigenvalue weighted by atomic mass is 35.5. The number of rotatable bonds is 4. The van der Waals surface area contributed by atoms with Gasteiger partial charge in [-0.2, -0.15) is 5.10 Å². The van der Waals surface area contributed by atoms with Crippen LogP contribution in [0.2, 0.25) is 5.02 Å². The van der Waals surface area contributed by atoms with Crippen molar-refractivity contribution in [3.8, 4) is 5.69 Å². The SMILES string of the molecule is CN(Cc1c(F)cccc1Cl)C(=O)c1nn(-c2ccc(F)cc2)c2c1CCCC2. The Morgan fingerprint density at radius 2 is 1.86 bits per heavy atom. The van der Waals surface area contributed by atoms with E-state index in [2.05, 4.69) is 5.10 Å². The van der Waals surface area contributed by atoms with E-state index in [4.69, 9.17) is 11.6 Å². The minimum Gasteiger partial charge on any atom is -0.336 e. The fourth-order valence-electron chi connectivity index (χ4n) is 3.74. The predicted molar refractivity (Wildman–Crippen MR) is 107 cm³/mol. The molecule has 0 saturated heterocycles. The zero-order valence-electron chi connectivity index (χ0n) is 16.0. The molecule has 7 heteroatoms. The van der Waals surface area contributed by atoms with E-state index in [-0.39, 0.29) is 28.9 Å². The van der Waals surface area contributed by atoms with Crippen LogP contribution in [0.5, 0.6) is 0 Å². The van der Waals surface area contributed by atoms with Crippen LogP contribution in [-0.4, -0.2) is 27.6 Å². The highest BCUT2D eigenvalue weighted by molar-refractivity contribution is 6.31. The zero-order valence-corrected chi connectivity index (χ0v) is 16.7. The number of halogens is 3. The summed E-state index contributed by atoms with van der Waals surface area (Å²) < 4.78 is 29.2. The van der Waals surface area contributed by atoms with Crippen LogP contribution >= 0.6 is 11.6 Å². The minimum absolute atomic E-state index is 0.0442. The molecule has 4 rings (SSSR count). The summed E-state index contributed by atoms with van der Waals surface area (Å²) in [5.41, 5.74) is 3.24. The van der Waals surface area contributed by atoms with Gasteiger partial charge in [0.2, 0.25) is 0 Å². The number of carbonyl (C=O) groups is 1. The van der Waals surface area contributed by atoms with Gasteiger partial charge in [-0.05, 0) is 62.1 Å². The predicted octanol–water partition coefficient (Wildman–Crippen LogP) is 4.95. The van der Waals surface area contributed by atoms with Crippen LogP contribution < -0.4 is 0 Å². The van der Waals surface area contributed by atoms with Crippen molar-refractivity contribution in [3.63, 3.8) is 0 Å². The molecule has 1 amide bonds. The van der Waals surface area contributed by atoms with Gasteiger partial charge in [0.15, 0.2) is 5.69 Å². The van der Waals surface area contributed by atoms with E-state index in [1.54, 1.807) is 29.9 Å². The van der Waals surface area contributed by atoms with Gasteiger partial charge in [-0.15, -0.1) is 0 Å². The van der Waals surface area contributed by atoms with Gasteiger partial charge in [0, 0.05) is 28.9 Å². The first-order chi connectivity index (χ1) is 14.0. The van der Waals surface area contributed by atoms with Crippen molar-refractivity contribution >= 4 is 17.5 Å². The van der Waals surface area contributed by atoms with E-state index in [0.29, 0.717) is 11.4 Å². The highest BCUT2D eigenvalue weighted by Gasteiger charge is 2.28. The smallest absolute Gasteiger partial charge is 0.274 e. The van der Waals surface area contributed by atoms with Gasteiger partial charge in [-0.3, -0.25) is 4.79 Å². The Bertz CT molecular complexity index is 1040. The lowest BCUT2D eigenvalue weighted by Gasteiger charge is -2.19. The summed E-state index contributed by atoms with van der Waals surface area (Å²) in [5, 5.41) is 4.86. The molecule has 0 saturated carbocycles. The third-order valence-corrected chi connectivity index (χ3v) is 5.61. The fraction of sp³-hybridized carbons (Fsp3) is 0.273. The van der Waals surface area contributed by atoms with Crippen LogP contribution in [0.25, 0.3) is 5.69 Å². The second-order valence-electron chi connectivity index (χ2n) is 7.23. The molecule has 0 spiro atoms. The first-order valence-corrected chi connectivity index (χ1v) is 9.88. The summed E-state index contributed by atoms with van der Waals surface area (Å²) >= 11 is 6.11. The number of aromatic nitrogens is 2. The summed E-state index contributed by atoms with van der Waals surface area (Å²) in [6.07, 6.45) is 3.54. The quantitative estimate of drug-likeness (QED) is 0.604. The van der Waals surface area contributed by atoms with Crippen molar-refractivity contribution in [3.05, 3.63) is 81.6 Å². The van der Waals surface area contributed by atoms with Crippen molar-refractivity contribution < 1.29 is 13.6 Å². The summed E-state index contributed by atoms with van der Waals surface area (Å²) in [5.74, 6) is -1.06. The number of hydrogen-bond acceptors (Lipinski definition) is 2. The number of nitrogens with zero attached hydrogens (tertiary/aromatic N) is 3. The fourth-order valence-corrected chi connectivity index (χ4v) is 3.96. The maximum absolute atomic E-state index is 14.1. The molecule has 0 bridgehead atoms. The molecule has 0 N–H and O–H groups in total. The lowest BCUT2D eigenvalue weighted by Crippen LogP contribution is -2.28. The largest absolute Gasteiger partial charge is 0.336 e. The summed E-state index contributed by atoms with van der Waals surface area (Å²) in [6, 6.07) is 10.5. The second kappa shape index (κ2) is 7.95. The van der Waals surface area contributed by atoms with Gasteiger partial charge in [0.25, 0.3) is 5.91 Å². The lowest BCUT2D eigenvalue weighted by molar-refractivity contribution is 0.0776. The van der Waals surface area contributed by atoms with Crippen LogP contribution in [0.1, 0.15) is 40.2 Å². The van der Waals surface area contributed by atoms with Gasteiger partial charge in [-0.1, -0.05) is 17.7 Å². The average molecular weight is 416 g/mol. The van der Waals surface area contributed by atoms with E-state index in [9.17, 15) is 13.6 Å². The van der Waals surface area contributed by atoms with E-state index in [1.165, 1.54) is 29.2 Å². The standard InChI is InChI=1S/C22H20ClF2N3O/c1-27(13-17-18(23)6-4-7-19(17)25)22(29)21-16-5-2-3-8-20(16)28(26-21)15-11-9-14(24)10-12-15/h4,6-7,9-12H,2-3,5,8,13H2,1H3. The molecule has 0 radical (unpaired) electrons. The molecule has 0 fully saturated rings.